The van der Waals surface area contributed by atoms with E-state index in [-0.39, 0.29) is 5.91 Å². The van der Waals surface area contributed by atoms with E-state index in [2.05, 4.69) is 15.5 Å². The zero-order valence-corrected chi connectivity index (χ0v) is 11.6. The number of hydrogen-bond acceptors (Lipinski definition) is 5. The first-order chi connectivity index (χ1) is 10.1. The van der Waals surface area contributed by atoms with Gasteiger partial charge < -0.3 is 14.3 Å². The number of nitrogens with one attached hydrogen (secondary N) is 1. The Morgan fingerprint density at radius 3 is 2.86 bits per heavy atom. The second-order valence-electron chi connectivity index (χ2n) is 4.58. The van der Waals surface area contributed by atoms with Gasteiger partial charge in [0.1, 0.15) is 11.3 Å². The molecule has 0 spiro atoms. The Bertz CT molecular complexity index is 775. The van der Waals surface area contributed by atoms with Crippen LogP contribution < -0.4 is 5.32 Å². The van der Waals surface area contributed by atoms with Gasteiger partial charge in [-0.2, -0.15) is 0 Å². The van der Waals surface area contributed by atoms with Gasteiger partial charge in [-0.15, -0.1) is 0 Å². The van der Waals surface area contributed by atoms with Crippen LogP contribution in [0, 0.1) is 13.8 Å². The van der Waals surface area contributed by atoms with E-state index in [0.29, 0.717) is 28.5 Å². The molecule has 3 rings (SSSR count). The van der Waals surface area contributed by atoms with E-state index in [1.165, 1.54) is 6.26 Å². The van der Waals surface area contributed by atoms with Crippen LogP contribution in [0.25, 0.3) is 11.5 Å². The van der Waals surface area contributed by atoms with E-state index in [0.717, 1.165) is 5.69 Å². The van der Waals surface area contributed by atoms with Gasteiger partial charge in [-0.3, -0.25) is 9.78 Å². The molecular weight excluding hydrogens is 270 g/mol. The highest BCUT2D eigenvalue weighted by atomic mass is 16.5. The zero-order valence-electron chi connectivity index (χ0n) is 11.6. The van der Waals surface area contributed by atoms with Crippen LogP contribution in [0.5, 0.6) is 0 Å². The van der Waals surface area contributed by atoms with Crippen molar-refractivity contribution in [2.45, 2.75) is 13.8 Å². The minimum atomic E-state index is -0.300. The number of aryl methyl sites for hydroxylation is 2. The lowest BCUT2D eigenvalue weighted by Gasteiger charge is -2.05. The van der Waals surface area contributed by atoms with Gasteiger partial charge >= 0.3 is 0 Å². The van der Waals surface area contributed by atoms with Crippen LogP contribution >= 0.6 is 0 Å². The predicted molar refractivity (Wildman–Crippen MR) is 75.9 cm³/mol. The molecule has 0 aliphatic carbocycles. The molecule has 0 aliphatic heterocycles. The molecule has 0 aliphatic rings. The first-order valence-corrected chi connectivity index (χ1v) is 6.39. The molecule has 0 atom stereocenters. The lowest BCUT2D eigenvalue weighted by Crippen LogP contribution is -2.13. The van der Waals surface area contributed by atoms with Gasteiger partial charge in [0.15, 0.2) is 11.5 Å². The molecule has 0 saturated carbocycles. The van der Waals surface area contributed by atoms with Crippen molar-refractivity contribution >= 4 is 11.6 Å². The number of carbonyl (C=O) groups is 1. The predicted octanol–water partition coefficient (Wildman–Crippen LogP) is 3.20. The normalized spacial score (nSPS) is 10.6. The highest BCUT2D eigenvalue weighted by molar-refractivity contribution is 6.08. The Labute approximate surface area is 120 Å². The summed E-state index contributed by atoms with van der Waals surface area (Å²) in [6.07, 6.45) is 3.16. The molecule has 0 bridgehead atoms. The molecule has 0 saturated heterocycles. The van der Waals surface area contributed by atoms with E-state index in [1.54, 1.807) is 37.4 Å². The Hall–Kier alpha value is -2.89. The number of pyridine rings is 1. The maximum absolute atomic E-state index is 12.5. The average molecular weight is 283 g/mol. The van der Waals surface area contributed by atoms with Crippen LogP contribution in [0.15, 0.2) is 45.7 Å². The highest BCUT2D eigenvalue weighted by Crippen LogP contribution is 2.26. The third-order valence-corrected chi connectivity index (χ3v) is 3.00. The quantitative estimate of drug-likeness (QED) is 0.798. The Kier molecular flexibility index (Phi) is 3.27. The second kappa shape index (κ2) is 5.24. The summed E-state index contributed by atoms with van der Waals surface area (Å²) in [5.41, 5.74) is 2.24. The summed E-state index contributed by atoms with van der Waals surface area (Å²) in [6, 6.07) is 6.96. The fourth-order valence-corrected chi connectivity index (χ4v) is 2.04. The van der Waals surface area contributed by atoms with E-state index >= 15 is 0 Å². The van der Waals surface area contributed by atoms with E-state index < -0.39 is 0 Å². The van der Waals surface area contributed by atoms with Gasteiger partial charge in [0, 0.05) is 17.6 Å². The third-order valence-electron chi connectivity index (χ3n) is 3.00. The molecule has 3 aromatic heterocycles. The van der Waals surface area contributed by atoms with Crippen molar-refractivity contribution in [1.82, 2.24) is 10.1 Å². The lowest BCUT2D eigenvalue weighted by atomic mass is 10.1. The minimum absolute atomic E-state index is 0.300. The summed E-state index contributed by atoms with van der Waals surface area (Å²) in [4.78, 5) is 16.5. The van der Waals surface area contributed by atoms with Gasteiger partial charge in [-0.05, 0) is 38.1 Å². The van der Waals surface area contributed by atoms with Gasteiger partial charge in [-0.1, -0.05) is 5.16 Å². The first kappa shape index (κ1) is 13.1. The molecule has 0 unspecified atom stereocenters. The number of nitrogens with zero attached hydrogens (tertiary/aromatic N) is 2. The van der Waals surface area contributed by atoms with Crippen LogP contribution in [-0.2, 0) is 0 Å². The number of rotatable bonds is 3. The molecule has 6 heteroatoms. The van der Waals surface area contributed by atoms with E-state index in [4.69, 9.17) is 8.94 Å². The summed E-state index contributed by atoms with van der Waals surface area (Å²) < 4.78 is 10.4. The molecule has 1 amide bonds. The number of hydrogen-bond donors (Lipinski definition) is 1. The molecule has 106 valence electrons. The van der Waals surface area contributed by atoms with Crippen LogP contribution in [0.1, 0.15) is 21.8 Å². The fraction of sp³-hybridized carbons (Fsp3) is 0.133. The van der Waals surface area contributed by atoms with Crippen LogP contribution in [0.4, 0.5) is 5.69 Å². The summed E-state index contributed by atoms with van der Waals surface area (Å²) in [5, 5.41) is 6.70. The van der Waals surface area contributed by atoms with Gasteiger partial charge in [0.25, 0.3) is 5.91 Å². The van der Waals surface area contributed by atoms with Crippen molar-refractivity contribution in [3.63, 3.8) is 0 Å². The van der Waals surface area contributed by atoms with Crippen molar-refractivity contribution in [1.29, 1.82) is 0 Å². The molecule has 6 nitrogen and oxygen atoms in total. The number of aromatic nitrogens is 2. The maximum atomic E-state index is 12.5. The van der Waals surface area contributed by atoms with Crippen molar-refractivity contribution in [3.8, 4) is 11.5 Å². The second-order valence-corrected chi connectivity index (χ2v) is 4.58. The summed E-state index contributed by atoms with van der Waals surface area (Å²) in [6.45, 7) is 3.54. The topological polar surface area (TPSA) is 81.2 Å². The molecule has 1 N–H and O–H groups in total. The standard InChI is InChI=1S/C15H13N3O3/c1-9-8-11(5-6-16-9)17-15(19)13-10(2)21-18-14(13)12-4-3-7-20-12/h3-8H,1-2H3,(H,16,17,19). The van der Waals surface area contributed by atoms with Crippen molar-refractivity contribution in [2.24, 2.45) is 0 Å². The molecule has 0 aromatic carbocycles. The summed E-state index contributed by atoms with van der Waals surface area (Å²) in [5.74, 6) is 0.623. The third kappa shape index (κ3) is 2.55. The fourth-order valence-electron chi connectivity index (χ4n) is 2.04. The van der Waals surface area contributed by atoms with Crippen LogP contribution in [0.3, 0.4) is 0 Å². The SMILES string of the molecule is Cc1cc(NC(=O)c2c(-c3ccco3)noc2C)ccn1. The lowest BCUT2D eigenvalue weighted by molar-refractivity contribution is 0.102. The number of carbonyl (C=O) groups excluding carboxylic acids is 1. The molecule has 0 radical (unpaired) electrons. The van der Waals surface area contributed by atoms with Gasteiger partial charge in [0.2, 0.25) is 0 Å². The highest BCUT2D eigenvalue weighted by Gasteiger charge is 2.23. The van der Waals surface area contributed by atoms with Gasteiger partial charge in [-0.25, -0.2) is 0 Å². The first-order valence-electron chi connectivity index (χ1n) is 6.39. The molecule has 0 fully saturated rings. The molecule has 3 heterocycles. The Morgan fingerprint density at radius 1 is 1.29 bits per heavy atom. The maximum Gasteiger partial charge on any atom is 0.261 e. The minimum Gasteiger partial charge on any atom is -0.463 e. The van der Waals surface area contributed by atoms with Crippen LogP contribution in [-0.4, -0.2) is 16.0 Å². The van der Waals surface area contributed by atoms with Gasteiger partial charge in [0.05, 0.1) is 6.26 Å². The molecule has 3 aromatic rings. The Morgan fingerprint density at radius 2 is 2.14 bits per heavy atom. The largest absolute Gasteiger partial charge is 0.463 e. The van der Waals surface area contributed by atoms with Crippen LogP contribution in [0.2, 0.25) is 0 Å². The molecular formula is C15H13N3O3. The summed E-state index contributed by atoms with van der Waals surface area (Å²) in [7, 11) is 0. The van der Waals surface area contributed by atoms with Crippen molar-refractivity contribution in [3.05, 3.63) is 53.7 Å². The smallest absolute Gasteiger partial charge is 0.261 e. The zero-order chi connectivity index (χ0) is 14.8. The summed E-state index contributed by atoms with van der Waals surface area (Å²) >= 11 is 0. The number of amides is 1. The Balaban J connectivity index is 1.93. The average Bonchev–Trinajstić information content (AvgIpc) is 3.07. The molecule has 21 heavy (non-hydrogen) atoms. The van der Waals surface area contributed by atoms with Crippen molar-refractivity contribution in [2.75, 3.05) is 5.32 Å². The van der Waals surface area contributed by atoms with E-state index in [9.17, 15) is 4.79 Å². The number of furan rings is 1. The number of anilines is 1. The van der Waals surface area contributed by atoms with Crippen molar-refractivity contribution < 1.29 is 13.7 Å². The monoisotopic (exact) mass is 283 g/mol. The van der Waals surface area contributed by atoms with E-state index in [1.807, 2.05) is 6.92 Å².